The van der Waals surface area contributed by atoms with Gasteiger partial charge in [0.2, 0.25) is 0 Å². The number of hydrogen-bond donors (Lipinski definition) is 1. The van der Waals surface area contributed by atoms with Gasteiger partial charge in [0.15, 0.2) is 0 Å². The third-order valence-corrected chi connectivity index (χ3v) is 4.91. The molecule has 25 heavy (non-hydrogen) atoms. The molecule has 1 N–H and O–H groups in total. The van der Waals surface area contributed by atoms with Gasteiger partial charge in [-0.15, -0.1) is 12.4 Å². The number of amides is 1. The zero-order valence-corrected chi connectivity index (χ0v) is 14.6. The molecular formula is C18H21ClN4O2. The second kappa shape index (κ2) is 7.37. The van der Waals surface area contributed by atoms with Crippen molar-refractivity contribution in [3.05, 3.63) is 58.5 Å². The van der Waals surface area contributed by atoms with E-state index >= 15 is 0 Å². The van der Waals surface area contributed by atoms with Crippen molar-refractivity contribution >= 4 is 18.3 Å². The van der Waals surface area contributed by atoms with Crippen LogP contribution in [-0.2, 0) is 0 Å². The predicted octanol–water partition coefficient (Wildman–Crippen LogP) is 1.62. The van der Waals surface area contributed by atoms with Gasteiger partial charge in [-0.25, -0.2) is 0 Å². The lowest BCUT2D eigenvalue weighted by Gasteiger charge is -2.27. The smallest absolute Gasteiger partial charge is 0.274 e. The molecule has 2 atom stereocenters. The second-order valence-electron chi connectivity index (χ2n) is 6.39. The number of nitrogens with one attached hydrogen (secondary N) is 1. The van der Waals surface area contributed by atoms with Crippen LogP contribution in [0.4, 0.5) is 0 Å². The standard InChI is InChI=1S/C18H20N4O2.ClH/c23-17-9-8-16(20-22(17)14-4-2-1-3-5-14)18(24)21-13-6-7-15(21)12-19-11-10-13;/h1-5,8-9,13,15,19H,6-7,10-12H2;1H. The number of hydrogen-bond acceptors (Lipinski definition) is 4. The number of rotatable bonds is 2. The summed E-state index contributed by atoms with van der Waals surface area (Å²) in [5, 5.41) is 7.73. The van der Waals surface area contributed by atoms with Crippen LogP contribution in [0, 0.1) is 0 Å². The van der Waals surface area contributed by atoms with E-state index in [2.05, 4.69) is 10.4 Å². The number of para-hydroxylation sites is 1. The Morgan fingerprint density at radius 2 is 1.80 bits per heavy atom. The number of nitrogens with zero attached hydrogens (tertiary/aromatic N) is 3. The maximum absolute atomic E-state index is 13.0. The number of benzene rings is 1. The van der Waals surface area contributed by atoms with E-state index in [1.807, 2.05) is 35.2 Å². The molecular weight excluding hydrogens is 340 g/mol. The first kappa shape index (κ1) is 17.6. The van der Waals surface area contributed by atoms with Crippen molar-refractivity contribution in [3.8, 4) is 5.69 Å². The summed E-state index contributed by atoms with van der Waals surface area (Å²) in [6.45, 7) is 1.78. The molecule has 6 nitrogen and oxygen atoms in total. The van der Waals surface area contributed by atoms with Gasteiger partial charge >= 0.3 is 0 Å². The Kier molecular flexibility index (Phi) is 5.20. The maximum atomic E-state index is 13.0. The van der Waals surface area contributed by atoms with Crippen LogP contribution in [0.25, 0.3) is 5.69 Å². The summed E-state index contributed by atoms with van der Waals surface area (Å²) in [4.78, 5) is 27.1. The summed E-state index contributed by atoms with van der Waals surface area (Å²) in [7, 11) is 0. The molecule has 1 amide bonds. The fourth-order valence-corrected chi connectivity index (χ4v) is 3.73. The highest BCUT2D eigenvalue weighted by Crippen LogP contribution is 2.29. The molecule has 0 aliphatic carbocycles. The van der Waals surface area contributed by atoms with Crippen LogP contribution < -0.4 is 10.9 Å². The van der Waals surface area contributed by atoms with E-state index in [4.69, 9.17) is 0 Å². The molecule has 132 valence electrons. The first-order valence-corrected chi connectivity index (χ1v) is 8.43. The molecule has 3 heterocycles. The summed E-state index contributed by atoms with van der Waals surface area (Å²) in [6, 6.07) is 12.7. The molecule has 0 radical (unpaired) electrons. The molecule has 2 bridgehead atoms. The first-order valence-electron chi connectivity index (χ1n) is 8.43. The second-order valence-corrected chi connectivity index (χ2v) is 6.39. The van der Waals surface area contributed by atoms with E-state index in [9.17, 15) is 9.59 Å². The average molecular weight is 361 g/mol. The van der Waals surface area contributed by atoms with E-state index in [0.717, 1.165) is 32.4 Å². The number of fused-ring (bicyclic) bond motifs is 2. The van der Waals surface area contributed by atoms with Crippen molar-refractivity contribution in [2.24, 2.45) is 0 Å². The number of halogens is 1. The van der Waals surface area contributed by atoms with Gasteiger partial charge in [0.1, 0.15) is 5.69 Å². The maximum Gasteiger partial charge on any atom is 0.274 e. The van der Waals surface area contributed by atoms with Crippen molar-refractivity contribution < 1.29 is 4.79 Å². The van der Waals surface area contributed by atoms with E-state index < -0.39 is 0 Å². The van der Waals surface area contributed by atoms with E-state index in [-0.39, 0.29) is 36.0 Å². The lowest BCUT2D eigenvalue weighted by Crippen LogP contribution is -2.43. The normalized spacial score (nSPS) is 22.2. The Balaban J connectivity index is 0.00000182. The van der Waals surface area contributed by atoms with Crippen molar-refractivity contribution in [3.63, 3.8) is 0 Å². The minimum Gasteiger partial charge on any atom is -0.330 e. The lowest BCUT2D eigenvalue weighted by molar-refractivity contribution is 0.0672. The third-order valence-electron chi connectivity index (χ3n) is 4.91. The number of carbonyl (C=O) groups is 1. The highest BCUT2D eigenvalue weighted by molar-refractivity contribution is 5.92. The number of carbonyl (C=O) groups excluding carboxylic acids is 1. The summed E-state index contributed by atoms with van der Waals surface area (Å²) in [5.41, 5.74) is 0.758. The van der Waals surface area contributed by atoms with Crippen LogP contribution in [0.2, 0.25) is 0 Å². The van der Waals surface area contributed by atoms with Gasteiger partial charge in [-0.1, -0.05) is 18.2 Å². The zero-order valence-electron chi connectivity index (χ0n) is 13.8. The Labute approximate surface area is 152 Å². The Hall–Kier alpha value is -2.18. The lowest BCUT2D eigenvalue weighted by atomic mass is 10.1. The molecule has 4 rings (SSSR count). The molecule has 0 saturated carbocycles. The molecule has 1 aromatic carbocycles. The van der Waals surface area contributed by atoms with Crippen LogP contribution in [0.1, 0.15) is 29.8 Å². The molecule has 2 fully saturated rings. The quantitative estimate of drug-likeness (QED) is 0.883. The summed E-state index contributed by atoms with van der Waals surface area (Å²) in [6.07, 6.45) is 3.05. The van der Waals surface area contributed by atoms with Crippen LogP contribution in [0.5, 0.6) is 0 Å². The number of aromatic nitrogens is 2. The summed E-state index contributed by atoms with van der Waals surface area (Å²) < 4.78 is 1.30. The zero-order chi connectivity index (χ0) is 16.5. The Bertz CT molecular complexity index is 794. The molecule has 2 aliphatic rings. The fourth-order valence-electron chi connectivity index (χ4n) is 3.73. The van der Waals surface area contributed by atoms with Gasteiger partial charge in [-0.05, 0) is 44.0 Å². The van der Waals surface area contributed by atoms with Crippen LogP contribution in [0.3, 0.4) is 0 Å². The van der Waals surface area contributed by atoms with E-state index in [1.54, 1.807) is 6.07 Å². The molecule has 2 aliphatic heterocycles. The van der Waals surface area contributed by atoms with Crippen molar-refractivity contribution in [2.75, 3.05) is 13.1 Å². The highest BCUT2D eigenvalue weighted by Gasteiger charge is 2.38. The SMILES string of the molecule is Cl.O=C(c1ccc(=O)n(-c2ccccc2)n1)N1C2CCNCC1CC2. The molecule has 0 spiro atoms. The average Bonchev–Trinajstić information content (AvgIpc) is 2.88. The van der Waals surface area contributed by atoms with Gasteiger partial charge in [-0.3, -0.25) is 9.59 Å². The molecule has 1 aromatic heterocycles. The molecule has 2 saturated heterocycles. The van der Waals surface area contributed by atoms with Gasteiger partial charge in [0.25, 0.3) is 11.5 Å². The Morgan fingerprint density at radius 3 is 2.60 bits per heavy atom. The highest BCUT2D eigenvalue weighted by atomic mass is 35.5. The molecule has 2 unspecified atom stereocenters. The van der Waals surface area contributed by atoms with Gasteiger partial charge < -0.3 is 10.2 Å². The minimum absolute atomic E-state index is 0. The summed E-state index contributed by atoms with van der Waals surface area (Å²) >= 11 is 0. The molecule has 2 aromatic rings. The van der Waals surface area contributed by atoms with E-state index in [0.29, 0.717) is 11.4 Å². The monoisotopic (exact) mass is 360 g/mol. The van der Waals surface area contributed by atoms with Crippen molar-refractivity contribution in [2.45, 2.75) is 31.3 Å². The topological polar surface area (TPSA) is 67.2 Å². The van der Waals surface area contributed by atoms with Crippen molar-refractivity contribution in [1.82, 2.24) is 20.0 Å². The largest absolute Gasteiger partial charge is 0.330 e. The molecule has 7 heteroatoms. The summed E-state index contributed by atoms with van der Waals surface area (Å²) in [5.74, 6) is -0.0733. The van der Waals surface area contributed by atoms with Gasteiger partial charge in [0.05, 0.1) is 5.69 Å². The predicted molar refractivity (Wildman–Crippen MR) is 97.5 cm³/mol. The first-order chi connectivity index (χ1) is 11.7. The van der Waals surface area contributed by atoms with Gasteiger partial charge in [-0.2, -0.15) is 9.78 Å². The van der Waals surface area contributed by atoms with Crippen molar-refractivity contribution in [1.29, 1.82) is 0 Å². The van der Waals surface area contributed by atoms with E-state index in [1.165, 1.54) is 10.7 Å². The third kappa shape index (κ3) is 3.32. The van der Waals surface area contributed by atoms with Crippen LogP contribution in [-0.4, -0.2) is 45.8 Å². The van der Waals surface area contributed by atoms with Crippen LogP contribution >= 0.6 is 12.4 Å². The van der Waals surface area contributed by atoms with Crippen LogP contribution in [0.15, 0.2) is 47.3 Å². The van der Waals surface area contributed by atoms with Gasteiger partial charge in [0, 0.05) is 24.7 Å². The minimum atomic E-state index is -0.238. The Morgan fingerprint density at radius 1 is 1.04 bits per heavy atom. The fraction of sp³-hybridized carbons (Fsp3) is 0.389.